The Morgan fingerprint density at radius 1 is 1.15 bits per heavy atom. The van der Waals surface area contributed by atoms with Crippen molar-refractivity contribution >= 4 is 5.69 Å². The normalized spacial score (nSPS) is 14.4. The van der Waals surface area contributed by atoms with E-state index in [1.54, 1.807) is 19.2 Å². The van der Waals surface area contributed by atoms with E-state index >= 15 is 0 Å². The van der Waals surface area contributed by atoms with Crippen molar-refractivity contribution in [3.63, 3.8) is 0 Å². The van der Waals surface area contributed by atoms with E-state index in [2.05, 4.69) is 9.97 Å². The molecule has 0 saturated carbocycles. The zero-order chi connectivity index (χ0) is 18.3. The molecule has 1 aromatic carbocycles. The number of benzene rings is 1. The molecule has 3 heterocycles. The van der Waals surface area contributed by atoms with Gasteiger partial charge in [-0.3, -0.25) is 4.98 Å². The maximum atomic E-state index is 13.1. The largest absolute Gasteiger partial charge is 0.439 e. The van der Waals surface area contributed by atoms with Crippen LogP contribution in [0.4, 0.5) is 18.9 Å². The molecule has 4 nitrogen and oxygen atoms in total. The third-order valence-corrected chi connectivity index (χ3v) is 4.37. The summed E-state index contributed by atoms with van der Waals surface area (Å²) in [6.45, 7) is 2.65. The van der Waals surface area contributed by atoms with E-state index in [0.717, 1.165) is 17.5 Å². The number of oxazole rings is 1. The van der Waals surface area contributed by atoms with Gasteiger partial charge in [0.05, 0.1) is 12.1 Å². The first-order valence-corrected chi connectivity index (χ1v) is 8.24. The molecule has 4 rings (SSSR count). The van der Waals surface area contributed by atoms with Crippen molar-refractivity contribution in [3.8, 4) is 11.6 Å². The van der Waals surface area contributed by atoms with Crippen LogP contribution in [0.1, 0.15) is 22.6 Å². The fourth-order valence-corrected chi connectivity index (χ4v) is 3.13. The van der Waals surface area contributed by atoms with Crippen molar-refractivity contribution in [2.45, 2.75) is 26.1 Å². The number of halogens is 3. The smallest absolute Gasteiger partial charge is 0.416 e. The summed E-state index contributed by atoms with van der Waals surface area (Å²) in [5, 5.41) is 0. The molecule has 0 fully saturated rings. The second-order valence-corrected chi connectivity index (χ2v) is 6.33. The SMILES string of the molecule is Cc1cc(N2CCc3oc(-c4ccccn4)nc3C2)cc(C(F)(F)F)c1. The molecule has 2 aromatic heterocycles. The highest BCUT2D eigenvalue weighted by molar-refractivity contribution is 5.54. The summed E-state index contributed by atoms with van der Waals surface area (Å²) in [6.07, 6.45) is -2.11. The first-order chi connectivity index (χ1) is 12.4. The van der Waals surface area contributed by atoms with Crippen LogP contribution in [-0.4, -0.2) is 16.5 Å². The average molecular weight is 359 g/mol. The maximum Gasteiger partial charge on any atom is 0.416 e. The molecule has 0 bridgehead atoms. The fraction of sp³-hybridized carbons (Fsp3) is 0.263. The topological polar surface area (TPSA) is 42.2 Å². The summed E-state index contributed by atoms with van der Waals surface area (Å²) in [7, 11) is 0. The lowest BCUT2D eigenvalue weighted by Crippen LogP contribution is -2.30. The van der Waals surface area contributed by atoms with Gasteiger partial charge in [0.25, 0.3) is 0 Å². The minimum atomic E-state index is -4.36. The number of aromatic nitrogens is 2. The van der Waals surface area contributed by atoms with Gasteiger partial charge in [0.2, 0.25) is 5.89 Å². The summed E-state index contributed by atoms with van der Waals surface area (Å²) in [4.78, 5) is 10.6. The molecule has 1 aliphatic rings. The molecule has 0 radical (unpaired) electrons. The first kappa shape index (κ1) is 16.6. The predicted octanol–water partition coefficient (Wildman–Crippen LogP) is 4.63. The van der Waals surface area contributed by atoms with Gasteiger partial charge in [0.1, 0.15) is 17.1 Å². The molecule has 7 heteroatoms. The first-order valence-electron chi connectivity index (χ1n) is 8.24. The highest BCUT2D eigenvalue weighted by atomic mass is 19.4. The van der Waals surface area contributed by atoms with Gasteiger partial charge in [0.15, 0.2) is 0 Å². The van der Waals surface area contributed by atoms with Crippen LogP contribution < -0.4 is 4.90 Å². The average Bonchev–Trinajstić information content (AvgIpc) is 3.04. The Labute approximate surface area is 148 Å². The number of aryl methyl sites for hydroxylation is 1. The molecular formula is C19H16F3N3O. The Morgan fingerprint density at radius 2 is 2.00 bits per heavy atom. The van der Waals surface area contributed by atoms with Gasteiger partial charge in [-0.05, 0) is 42.8 Å². The summed E-state index contributed by atoms with van der Waals surface area (Å²) in [5.41, 5.74) is 1.88. The van der Waals surface area contributed by atoms with E-state index < -0.39 is 11.7 Å². The quantitative estimate of drug-likeness (QED) is 0.669. The summed E-state index contributed by atoms with van der Waals surface area (Å²) in [6, 6.07) is 9.59. The van der Waals surface area contributed by atoms with E-state index in [-0.39, 0.29) is 0 Å². The standard InChI is InChI=1S/C19H16F3N3O/c1-12-8-13(19(20,21)22)10-14(9-12)25-7-5-17-16(11-25)24-18(26-17)15-4-2-3-6-23-15/h2-4,6,8-10H,5,7,11H2,1H3. The van der Waals surface area contributed by atoms with Crippen LogP contribution in [0.5, 0.6) is 0 Å². The Hall–Kier alpha value is -2.83. The van der Waals surface area contributed by atoms with Gasteiger partial charge in [0, 0.05) is 24.8 Å². The number of fused-ring (bicyclic) bond motifs is 1. The summed E-state index contributed by atoms with van der Waals surface area (Å²) in [5.74, 6) is 1.21. The molecule has 0 unspecified atom stereocenters. The Bertz CT molecular complexity index is 935. The lowest BCUT2D eigenvalue weighted by Gasteiger charge is -2.28. The third-order valence-electron chi connectivity index (χ3n) is 4.37. The van der Waals surface area contributed by atoms with Gasteiger partial charge < -0.3 is 9.32 Å². The summed E-state index contributed by atoms with van der Waals surface area (Å²) < 4.78 is 45.1. The zero-order valence-electron chi connectivity index (χ0n) is 14.0. The Kier molecular flexibility index (Phi) is 3.94. The highest BCUT2D eigenvalue weighted by Crippen LogP contribution is 2.34. The molecule has 0 atom stereocenters. The number of pyridine rings is 1. The van der Waals surface area contributed by atoms with Crippen molar-refractivity contribution < 1.29 is 17.6 Å². The van der Waals surface area contributed by atoms with Crippen molar-refractivity contribution in [1.29, 1.82) is 0 Å². The molecule has 0 saturated heterocycles. The van der Waals surface area contributed by atoms with Gasteiger partial charge in [-0.25, -0.2) is 4.98 Å². The highest BCUT2D eigenvalue weighted by Gasteiger charge is 2.32. The van der Waals surface area contributed by atoms with Crippen LogP contribution in [-0.2, 0) is 19.1 Å². The molecule has 0 spiro atoms. The maximum absolute atomic E-state index is 13.1. The predicted molar refractivity (Wildman–Crippen MR) is 90.7 cm³/mol. The molecule has 0 aliphatic carbocycles. The van der Waals surface area contributed by atoms with Crippen LogP contribution in [0.25, 0.3) is 11.6 Å². The lowest BCUT2D eigenvalue weighted by molar-refractivity contribution is -0.137. The van der Waals surface area contributed by atoms with Crippen molar-refractivity contribution in [3.05, 3.63) is 65.2 Å². The van der Waals surface area contributed by atoms with Crippen molar-refractivity contribution in [1.82, 2.24) is 9.97 Å². The van der Waals surface area contributed by atoms with Gasteiger partial charge in [-0.15, -0.1) is 0 Å². The molecule has 0 amide bonds. The van der Waals surface area contributed by atoms with E-state index in [1.165, 1.54) is 6.07 Å². The molecule has 3 aromatic rings. The monoisotopic (exact) mass is 359 g/mol. The lowest BCUT2D eigenvalue weighted by atomic mass is 10.1. The second kappa shape index (κ2) is 6.16. The number of rotatable bonds is 2. The van der Waals surface area contributed by atoms with E-state index in [4.69, 9.17) is 4.42 Å². The van der Waals surface area contributed by atoms with Crippen molar-refractivity contribution in [2.75, 3.05) is 11.4 Å². The third kappa shape index (κ3) is 3.16. The number of hydrogen-bond donors (Lipinski definition) is 0. The van der Waals surface area contributed by atoms with E-state index in [9.17, 15) is 13.2 Å². The number of anilines is 1. The van der Waals surface area contributed by atoms with E-state index in [0.29, 0.717) is 42.3 Å². The second-order valence-electron chi connectivity index (χ2n) is 6.33. The van der Waals surface area contributed by atoms with Crippen LogP contribution in [0.15, 0.2) is 47.0 Å². The minimum Gasteiger partial charge on any atom is -0.439 e. The number of nitrogens with zero attached hydrogens (tertiary/aromatic N) is 3. The number of hydrogen-bond acceptors (Lipinski definition) is 4. The molecule has 26 heavy (non-hydrogen) atoms. The Balaban J connectivity index is 1.63. The molecule has 0 N–H and O–H groups in total. The fourth-order valence-electron chi connectivity index (χ4n) is 3.13. The summed E-state index contributed by atoms with van der Waals surface area (Å²) >= 11 is 0. The van der Waals surface area contributed by atoms with Gasteiger partial charge in [-0.2, -0.15) is 13.2 Å². The number of alkyl halides is 3. The van der Waals surface area contributed by atoms with Crippen LogP contribution in [0, 0.1) is 6.92 Å². The zero-order valence-corrected chi connectivity index (χ0v) is 14.0. The van der Waals surface area contributed by atoms with Gasteiger partial charge in [-0.1, -0.05) is 6.07 Å². The van der Waals surface area contributed by atoms with Crippen molar-refractivity contribution in [2.24, 2.45) is 0 Å². The van der Waals surface area contributed by atoms with Crippen LogP contribution >= 0.6 is 0 Å². The van der Waals surface area contributed by atoms with E-state index in [1.807, 2.05) is 23.1 Å². The molecular weight excluding hydrogens is 343 g/mol. The van der Waals surface area contributed by atoms with Crippen LogP contribution in [0.2, 0.25) is 0 Å². The van der Waals surface area contributed by atoms with Gasteiger partial charge >= 0.3 is 6.18 Å². The minimum absolute atomic E-state index is 0.409. The molecule has 1 aliphatic heterocycles. The Morgan fingerprint density at radius 3 is 2.73 bits per heavy atom. The van der Waals surface area contributed by atoms with Crippen LogP contribution in [0.3, 0.4) is 0 Å². The molecule has 134 valence electrons.